The Balaban J connectivity index is 0.801. The standard InChI is InChI=1S/C48H28N2S4/c1-3-7-33-23-39-25-37(15-13-35(39)21-31(33)5-1)45-27-49-47(53-45)43-19-17-41(51-43)29-9-11-30(12-10-29)42-18-20-44(52-42)48-50-28-46(54-48)38-16-14-36-22-32-6-2-4-8-34(32)24-40(36)26-38/h1-28H. The maximum absolute atomic E-state index is 4.85. The van der Waals surface area contributed by atoms with Crippen molar-refractivity contribution in [1.29, 1.82) is 0 Å². The minimum Gasteiger partial charge on any atom is -0.243 e. The minimum absolute atomic E-state index is 1.06. The number of nitrogens with zero attached hydrogens (tertiary/aromatic N) is 2. The van der Waals surface area contributed by atoms with Crippen LogP contribution in [0.2, 0.25) is 0 Å². The van der Waals surface area contributed by atoms with E-state index in [0.29, 0.717) is 0 Å². The molecule has 7 aromatic carbocycles. The molecule has 0 aliphatic rings. The molecule has 0 atom stereocenters. The van der Waals surface area contributed by atoms with Crippen molar-refractivity contribution in [3.05, 3.63) is 170 Å². The zero-order valence-corrected chi connectivity index (χ0v) is 32.0. The Hall–Kier alpha value is -5.76. The van der Waals surface area contributed by atoms with Gasteiger partial charge in [-0.1, -0.05) is 97.1 Å². The van der Waals surface area contributed by atoms with Crippen LogP contribution >= 0.6 is 45.3 Å². The molecule has 0 amide bonds. The number of thiazole rings is 2. The molecule has 4 aromatic heterocycles. The molecular formula is C48H28N2S4. The molecule has 11 rings (SSSR count). The van der Waals surface area contributed by atoms with Crippen LogP contribution in [-0.4, -0.2) is 9.97 Å². The fraction of sp³-hybridized carbons (Fsp3) is 0. The van der Waals surface area contributed by atoms with Crippen LogP contribution in [-0.2, 0) is 0 Å². The third-order valence-corrected chi connectivity index (χ3v) is 14.8. The second-order valence-electron chi connectivity index (χ2n) is 13.5. The summed E-state index contributed by atoms with van der Waals surface area (Å²) in [6.07, 6.45) is 4.03. The van der Waals surface area contributed by atoms with Gasteiger partial charge in [-0.05, 0) is 126 Å². The summed E-state index contributed by atoms with van der Waals surface area (Å²) in [5.74, 6) is 0. The van der Waals surface area contributed by atoms with E-state index in [-0.39, 0.29) is 0 Å². The summed E-state index contributed by atoms with van der Waals surface area (Å²) < 4.78 is 0. The first kappa shape index (κ1) is 31.7. The van der Waals surface area contributed by atoms with Crippen molar-refractivity contribution in [3.63, 3.8) is 0 Å². The van der Waals surface area contributed by atoms with Crippen LogP contribution in [0, 0.1) is 0 Å². The van der Waals surface area contributed by atoms with Gasteiger partial charge in [-0.2, -0.15) is 0 Å². The molecule has 2 nitrogen and oxygen atoms in total. The molecule has 0 aliphatic carbocycles. The highest BCUT2D eigenvalue weighted by atomic mass is 32.1. The van der Waals surface area contributed by atoms with Gasteiger partial charge >= 0.3 is 0 Å². The average Bonchev–Trinajstić information content (AvgIpc) is 4.06. The topological polar surface area (TPSA) is 25.8 Å². The first-order valence-corrected chi connectivity index (χ1v) is 21.0. The van der Waals surface area contributed by atoms with Crippen LogP contribution in [0.5, 0.6) is 0 Å². The molecule has 4 heterocycles. The summed E-state index contributed by atoms with van der Waals surface area (Å²) in [7, 11) is 0. The summed E-state index contributed by atoms with van der Waals surface area (Å²) >= 11 is 7.11. The molecule has 0 radical (unpaired) electrons. The normalized spacial score (nSPS) is 11.7. The lowest BCUT2D eigenvalue weighted by molar-refractivity contribution is 1.43. The Morgan fingerprint density at radius 2 is 0.611 bits per heavy atom. The minimum atomic E-state index is 1.06. The molecule has 0 N–H and O–H groups in total. The predicted octanol–water partition coefficient (Wildman–Crippen LogP) is 15.3. The van der Waals surface area contributed by atoms with Crippen molar-refractivity contribution >= 4 is 88.4 Å². The van der Waals surface area contributed by atoms with Crippen LogP contribution in [0.1, 0.15) is 0 Å². The lowest BCUT2D eigenvalue weighted by Gasteiger charge is -2.04. The number of benzene rings is 7. The van der Waals surface area contributed by atoms with Gasteiger partial charge in [-0.15, -0.1) is 45.3 Å². The van der Waals surface area contributed by atoms with E-state index in [0.717, 1.165) is 10.0 Å². The van der Waals surface area contributed by atoms with E-state index < -0.39 is 0 Å². The number of hydrogen-bond donors (Lipinski definition) is 0. The molecule has 0 spiro atoms. The van der Waals surface area contributed by atoms with E-state index in [1.54, 1.807) is 45.3 Å². The van der Waals surface area contributed by atoms with Gasteiger partial charge in [-0.25, -0.2) is 9.97 Å². The highest BCUT2D eigenvalue weighted by Gasteiger charge is 2.14. The second kappa shape index (κ2) is 13.0. The molecule has 0 fully saturated rings. The highest BCUT2D eigenvalue weighted by molar-refractivity contribution is 7.25. The molecular weight excluding hydrogens is 733 g/mol. The van der Waals surface area contributed by atoms with Crippen molar-refractivity contribution in [2.24, 2.45) is 0 Å². The zero-order chi connectivity index (χ0) is 35.6. The molecule has 0 saturated carbocycles. The van der Waals surface area contributed by atoms with Crippen molar-refractivity contribution < 1.29 is 0 Å². The van der Waals surface area contributed by atoms with Gasteiger partial charge in [0.05, 0.1) is 19.5 Å². The van der Waals surface area contributed by atoms with E-state index >= 15 is 0 Å². The van der Waals surface area contributed by atoms with Crippen LogP contribution in [0.3, 0.4) is 0 Å². The fourth-order valence-corrected chi connectivity index (χ4v) is 11.2. The highest BCUT2D eigenvalue weighted by Crippen LogP contribution is 2.42. The molecule has 0 saturated heterocycles. The van der Waals surface area contributed by atoms with Gasteiger partial charge in [0.15, 0.2) is 0 Å². The number of aromatic nitrogens is 2. The second-order valence-corrected chi connectivity index (χ2v) is 17.7. The lowest BCUT2D eigenvalue weighted by Crippen LogP contribution is -1.78. The van der Waals surface area contributed by atoms with Gasteiger partial charge in [0.2, 0.25) is 0 Å². The Morgan fingerprint density at radius 1 is 0.259 bits per heavy atom. The average molecular weight is 761 g/mol. The Bertz CT molecular complexity index is 2960. The molecule has 54 heavy (non-hydrogen) atoms. The lowest BCUT2D eigenvalue weighted by atomic mass is 10.0. The first-order chi connectivity index (χ1) is 26.7. The first-order valence-electron chi connectivity index (χ1n) is 17.8. The van der Waals surface area contributed by atoms with Crippen LogP contribution < -0.4 is 0 Å². The van der Waals surface area contributed by atoms with E-state index in [4.69, 9.17) is 9.97 Å². The summed E-state index contributed by atoms with van der Waals surface area (Å²) in [6.45, 7) is 0. The number of rotatable bonds is 6. The molecule has 0 unspecified atom stereocenters. The van der Waals surface area contributed by atoms with E-state index in [2.05, 4.69) is 158 Å². The molecule has 0 bridgehead atoms. The zero-order valence-electron chi connectivity index (χ0n) is 28.7. The van der Waals surface area contributed by atoms with Gasteiger partial charge in [0, 0.05) is 22.1 Å². The maximum atomic E-state index is 4.85. The largest absolute Gasteiger partial charge is 0.243 e. The third kappa shape index (κ3) is 5.75. The van der Waals surface area contributed by atoms with Crippen LogP contribution in [0.4, 0.5) is 0 Å². The Morgan fingerprint density at radius 3 is 1.04 bits per heavy atom. The predicted molar refractivity (Wildman–Crippen MR) is 236 cm³/mol. The van der Waals surface area contributed by atoms with Crippen LogP contribution in [0.25, 0.3) is 105 Å². The van der Waals surface area contributed by atoms with Gasteiger partial charge in [0.1, 0.15) is 10.0 Å². The summed E-state index contributed by atoms with van der Waals surface area (Å²) in [5.41, 5.74) is 4.86. The van der Waals surface area contributed by atoms with E-state index in [1.807, 2.05) is 12.4 Å². The molecule has 0 aliphatic heterocycles. The number of fused-ring (bicyclic) bond motifs is 4. The summed E-state index contributed by atoms with van der Waals surface area (Å²) in [5, 5.41) is 12.2. The molecule has 11 aromatic rings. The molecule has 6 heteroatoms. The number of hydrogen-bond acceptors (Lipinski definition) is 6. The Kier molecular flexibility index (Phi) is 7.62. The van der Waals surface area contributed by atoms with Crippen molar-refractivity contribution in [2.45, 2.75) is 0 Å². The summed E-state index contributed by atoms with van der Waals surface area (Å²) in [4.78, 5) is 16.9. The van der Waals surface area contributed by atoms with Gasteiger partial charge in [0.25, 0.3) is 0 Å². The van der Waals surface area contributed by atoms with Gasteiger partial charge < -0.3 is 0 Å². The molecule has 254 valence electrons. The smallest absolute Gasteiger partial charge is 0.133 e. The van der Waals surface area contributed by atoms with Crippen molar-refractivity contribution in [3.8, 4) is 61.5 Å². The maximum Gasteiger partial charge on any atom is 0.133 e. The quantitative estimate of drug-likeness (QED) is 0.158. The summed E-state index contributed by atoms with van der Waals surface area (Å²) in [6, 6.07) is 57.5. The number of thiophene rings is 2. The monoisotopic (exact) mass is 760 g/mol. The fourth-order valence-electron chi connectivity index (χ4n) is 7.24. The van der Waals surface area contributed by atoms with E-state index in [9.17, 15) is 0 Å². The SMILES string of the molecule is c1ccc2cc3cc(-c4cnc(-c5ccc(-c6ccc(-c7ccc(-c8ncc(-c9ccc%10cc%11ccccc%11cc%10c9)s8)s7)cc6)s5)s4)ccc3cc2c1. The van der Waals surface area contributed by atoms with Gasteiger partial charge in [-0.3, -0.25) is 0 Å². The third-order valence-electron chi connectivity index (χ3n) is 10.1. The van der Waals surface area contributed by atoms with Crippen LogP contribution in [0.15, 0.2) is 170 Å². The van der Waals surface area contributed by atoms with Crippen molar-refractivity contribution in [1.82, 2.24) is 9.97 Å². The van der Waals surface area contributed by atoms with Crippen molar-refractivity contribution in [2.75, 3.05) is 0 Å². The Labute approximate surface area is 328 Å². The van der Waals surface area contributed by atoms with E-state index in [1.165, 1.54) is 94.6 Å².